The molecule has 3 nitrogen and oxygen atoms in total. The van der Waals surface area contributed by atoms with Gasteiger partial charge in [0.05, 0.1) is 15.7 Å². The third-order valence-electron chi connectivity index (χ3n) is 3.51. The van der Waals surface area contributed by atoms with Crippen molar-refractivity contribution in [2.45, 2.75) is 20.3 Å². The van der Waals surface area contributed by atoms with Crippen LogP contribution in [-0.2, 0) is 6.42 Å². The maximum atomic E-state index is 6.30. The van der Waals surface area contributed by atoms with Crippen LogP contribution in [0.4, 0.5) is 5.69 Å². The summed E-state index contributed by atoms with van der Waals surface area (Å²) in [5.41, 5.74) is 9.90. The lowest BCUT2D eigenvalue weighted by atomic mass is 10.1. The predicted octanol–water partition coefficient (Wildman–Crippen LogP) is 5.96. The Labute approximate surface area is 155 Å². The Bertz CT molecular complexity index is 851. The standard InChI is InChI=1S/C18H17Cl2N3S/c1-10(2)5-13-6-11(3-4-22-13)18-23-16(9-24-18)17-14(19)7-12(21)8-15(17)20/h3-4,6-10H,5,21H2,1-2H3. The van der Waals surface area contributed by atoms with Crippen molar-refractivity contribution in [2.75, 3.05) is 5.73 Å². The number of nitrogen functional groups attached to an aromatic ring is 1. The Kier molecular flexibility index (Phi) is 5.09. The van der Waals surface area contributed by atoms with Gasteiger partial charge in [0.25, 0.3) is 0 Å². The normalized spacial score (nSPS) is 11.2. The van der Waals surface area contributed by atoms with Crippen LogP contribution in [0.1, 0.15) is 19.5 Å². The second-order valence-electron chi connectivity index (χ2n) is 6.03. The lowest BCUT2D eigenvalue weighted by molar-refractivity contribution is 0.635. The van der Waals surface area contributed by atoms with E-state index in [-0.39, 0.29) is 0 Å². The average molecular weight is 378 g/mol. The highest BCUT2D eigenvalue weighted by molar-refractivity contribution is 7.13. The highest BCUT2D eigenvalue weighted by Gasteiger charge is 2.14. The van der Waals surface area contributed by atoms with Gasteiger partial charge in [-0.2, -0.15) is 0 Å². The molecule has 0 spiro atoms. The number of pyridine rings is 1. The molecule has 0 amide bonds. The van der Waals surface area contributed by atoms with Crippen LogP contribution in [0.2, 0.25) is 10.0 Å². The smallest absolute Gasteiger partial charge is 0.124 e. The van der Waals surface area contributed by atoms with Gasteiger partial charge in [-0.15, -0.1) is 11.3 Å². The molecule has 2 N–H and O–H groups in total. The molecule has 0 aliphatic heterocycles. The molecule has 2 heterocycles. The van der Waals surface area contributed by atoms with E-state index < -0.39 is 0 Å². The fraction of sp³-hybridized carbons (Fsp3) is 0.222. The average Bonchev–Trinajstić information content (AvgIpc) is 2.95. The molecular formula is C18H17Cl2N3S. The topological polar surface area (TPSA) is 51.8 Å². The fourth-order valence-electron chi connectivity index (χ4n) is 2.50. The van der Waals surface area contributed by atoms with Gasteiger partial charge in [-0.3, -0.25) is 4.98 Å². The molecule has 2 aromatic heterocycles. The largest absolute Gasteiger partial charge is 0.399 e. The van der Waals surface area contributed by atoms with E-state index in [1.54, 1.807) is 23.5 Å². The van der Waals surface area contributed by atoms with Crippen molar-refractivity contribution in [2.24, 2.45) is 5.92 Å². The molecule has 124 valence electrons. The van der Waals surface area contributed by atoms with Crippen LogP contribution >= 0.6 is 34.5 Å². The number of hydrogen-bond acceptors (Lipinski definition) is 4. The molecular weight excluding hydrogens is 361 g/mol. The zero-order valence-corrected chi connectivity index (χ0v) is 15.7. The number of nitrogens with zero attached hydrogens (tertiary/aromatic N) is 2. The summed E-state index contributed by atoms with van der Waals surface area (Å²) in [7, 11) is 0. The molecule has 24 heavy (non-hydrogen) atoms. The summed E-state index contributed by atoms with van der Waals surface area (Å²) in [6.45, 7) is 4.36. The zero-order valence-electron chi connectivity index (χ0n) is 13.4. The van der Waals surface area contributed by atoms with Crippen molar-refractivity contribution in [1.82, 2.24) is 9.97 Å². The van der Waals surface area contributed by atoms with Gasteiger partial charge in [0.2, 0.25) is 0 Å². The van der Waals surface area contributed by atoms with Gasteiger partial charge in [0.15, 0.2) is 0 Å². The van der Waals surface area contributed by atoms with E-state index in [1.807, 2.05) is 17.6 Å². The van der Waals surface area contributed by atoms with E-state index in [1.165, 1.54) is 0 Å². The fourth-order valence-corrected chi connectivity index (χ4v) is 4.01. The maximum absolute atomic E-state index is 6.30. The molecule has 0 saturated carbocycles. The molecule has 1 aromatic carbocycles. The van der Waals surface area contributed by atoms with Gasteiger partial charge in [0.1, 0.15) is 5.01 Å². The minimum absolute atomic E-state index is 0.507. The molecule has 0 aliphatic rings. The number of halogens is 2. The molecule has 0 unspecified atom stereocenters. The molecule has 0 aliphatic carbocycles. The van der Waals surface area contributed by atoms with Gasteiger partial charge >= 0.3 is 0 Å². The molecule has 0 atom stereocenters. The summed E-state index contributed by atoms with van der Waals surface area (Å²) in [4.78, 5) is 9.13. The Morgan fingerprint density at radius 2 is 1.88 bits per heavy atom. The third kappa shape index (κ3) is 3.72. The van der Waals surface area contributed by atoms with Crippen molar-refractivity contribution in [3.05, 3.63) is 51.6 Å². The monoisotopic (exact) mass is 377 g/mol. The van der Waals surface area contributed by atoms with Gasteiger partial charge in [-0.1, -0.05) is 37.0 Å². The van der Waals surface area contributed by atoms with Crippen LogP contribution in [0.15, 0.2) is 35.8 Å². The van der Waals surface area contributed by atoms with Crippen molar-refractivity contribution < 1.29 is 0 Å². The summed E-state index contributed by atoms with van der Waals surface area (Å²) in [5.74, 6) is 0.562. The molecule has 0 bridgehead atoms. The van der Waals surface area contributed by atoms with Crippen LogP contribution in [0.3, 0.4) is 0 Å². The number of nitrogens with two attached hydrogens (primary N) is 1. The quantitative estimate of drug-likeness (QED) is 0.570. The van der Waals surface area contributed by atoms with E-state index in [9.17, 15) is 0 Å². The number of rotatable bonds is 4. The van der Waals surface area contributed by atoms with Gasteiger partial charge in [-0.05, 0) is 36.6 Å². The molecule has 0 radical (unpaired) electrons. The molecule has 0 fully saturated rings. The van der Waals surface area contributed by atoms with E-state index >= 15 is 0 Å². The first-order valence-electron chi connectivity index (χ1n) is 7.59. The van der Waals surface area contributed by atoms with Crippen LogP contribution in [-0.4, -0.2) is 9.97 Å². The lowest BCUT2D eigenvalue weighted by Gasteiger charge is -2.06. The minimum atomic E-state index is 0.507. The Morgan fingerprint density at radius 1 is 1.17 bits per heavy atom. The second kappa shape index (κ2) is 7.09. The minimum Gasteiger partial charge on any atom is -0.399 e. The van der Waals surface area contributed by atoms with Crippen molar-refractivity contribution in [1.29, 1.82) is 0 Å². The van der Waals surface area contributed by atoms with E-state index in [2.05, 4.69) is 24.9 Å². The molecule has 3 aromatic rings. The molecule has 3 rings (SSSR count). The summed E-state index contributed by atoms with van der Waals surface area (Å²) in [6, 6.07) is 7.44. The summed E-state index contributed by atoms with van der Waals surface area (Å²) in [6.07, 6.45) is 2.78. The van der Waals surface area contributed by atoms with E-state index in [0.29, 0.717) is 27.2 Å². The number of benzene rings is 1. The Morgan fingerprint density at radius 3 is 2.54 bits per heavy atom. The lowest BCUT2D eigenvalue weighted by Crippen LogP contribution is -1.97. The van der Waals surface area contributed by atoms with Crippen molar-refractivity contribution in [3.63, 3.8) is 0 Å². The summed E-state index contributed by atoms with van der Waals surface area (Å²) >= 11 is 14.2. The van der Waals surface area contributed by atoms with Gasteiger partial charge in [0, 0.05) is 34.1 Å². The first-order chi connectivity index (χ1) is 11.4. The van der Waals surface area contributed by atoms with Crippen molar-refractivity contribution >= 4 is 40.2 Å². The first-order valence-corrected chi connectivity index (χ1v) is 9.23. The SMILES string of the molecule is CC(C)Cc1cc(-c2nc(-c3c(Cl)cc(N)cc3Cl)cs2)ccn1. The second-order valence-corrected chi connectivity index (χ2v) is 7.70. The van der Waals surface area contributed by atoms with E-state index in [4.69, 9.17) is 33.9 Å². The van der Waals surface area contributed by atoms with Gasteiger partial charge in [-0.25, -0.2) is 4.98 Å². The van der Waals surface area contributed by atoms with Crippen LogP contribution in [0.5, 0.6) is 0 Å². The summed E-state index contributed by atoms with van der Waals surface area (Å²) in [5, 5.41) is 3.89. The van der Waals surface area contributed by atoms with Crippen LogP contribution in [0, 0.1) is 5.92 Å². The highest BCUT2D eigenvalue weighted by atomic mass is 35.5. The zero-order chi connectivity index (χ0) is 17.3. The summed E-state index contributed by atoms with van der Waals surface area (Å²) < 4.78 is 0. The number of anilines is 1. The number of hydrogen-bond donors (Lipinski definition) is 1. The number of thiazole rings is 1. The van der Waals surface area contributed by atoms with Crippen molar-refractivity contribution in [3.8, 4) is 21.8 Å². The van der Waals surface area contributed by atoms with Crippen LogP contribution in [0.25, 0.3) is 21.8 Å². The molecule has 0 saturated heterocycles. The van der Waals surface area contributed by atoms with Gasteiger partial charge < -0.3 is 5.73 Å². The van der Waals surface area contributed by atoms with E-state index in [0.717, 1.165) is 28.4 Å². The number of aromatic nitrogens is 2. The maximum Gasteiger partial charge on any atom is 0.124 e. The predicted molar refractivity (Wildman–Crippen MR) is 104 cm³/mol. The Hall–Kier alpha value is -1.62. The van der Waals surface area contributed by atoms with Crippen LogP contribution < -0.4 is 5.73 Å². The Balaban J connectivity index is 1.97. The molecule has 6 heteroatoms. The first kappa shape index (κ1) is 17.2. The highest BCUT2D eigenvalue weighted by Crippen LogP contribution is 2.38. The third-order valence-corrected chi connectivity index (χ3v) is 4.99.